The molecular weight excluding hydrogens is 290 g/mol. The van der Waals surface area contributed by atoms with Crippen molar-refractivity contribution in [3.8, 4) is 23.2 Å². The molecule has 0 radical (unpaired) electrons. The topological polar surface area (TPSA) is 108 Å². The average Bonchev–Trinajstić information content (AvgIpc) is 3.03. The van der Waals surface area contributed by atoms with Crippen LogP contribution in [-0.2, 0) is 0 Å². The van der Waals surface area contributed by atoms with Crippen LogP contribution >= 0.6 is 0 Å². The molecule has 0 saturated heterocycles. The maximum absolute atomic E-state index is 10.0. The number of nitrogen functional groups attached to an aromatic ring is 1. The first-order valence-corrected chi connectivity index (χ1v) is 7.67. The van der Waals surface area contributed by atoms with Gasteiger partial charge in [-0.15, -0.1) is 0 Å². The highest BCUT2D eigenvalue weighted by atomic mass is 16.3. The van der Waals surface area contributed by atoms with Crippen LogP contribution in [0.15, 0.2) is 24.3 Å². The third kappa shape index (κ3) is 2.83. The Balaban J connectivity index is 2.08. The molecule has 6 nitrogen and oxygen atoms in total. The second kappa shape index (κ2) is 6.23. The molecule has 1 saturated carbocycles. The normalized spacial score (nSPS) is 20.3. The fraction of sp³-hybridized carbons (Fsp3) is 0.353. The molecule has 2 atom stereocenters. The molecule has 1 heterocycles. The van der Waals surface area contributed by atoms with Crippen LogP contribution in [0.25, 0.3) is 11.4 Å². The first-order chi connectivity index (χ1) is 11.1. The monoisotopic (exact) mass is 309 g/mol. The molecular formula is C17H19N5O. The second-order valence-corrected chi connectivity index (χ2v) is 5.82. The Kier molecular flexibility index (Phi) is 4.13. The van der Waals surface area contributed by atoms with E-state index >= 15 is 0 Å². The number of nitrogens with two attached hydrogens (primary N) is 1. The van der Waals surface area contributed by atoms with Crippen molar-refractivity contribution < 1.29 is 5.11 Å². The maximum atomic E-state index is 10.0. The lowest BCUT2D eigenvalue weighted by molar-refractivity contribution is 0.477. The number of phenols is 1. The fourth-order valence-corrected chi connectivity index (χ4v) is 3.18. The predicted molar refractivity (Wildman–Crippen MR) is 87.7 cm³/mol. The van der Waals surface area contributed by atoms with Gasteiger partial charge in [-0.2, -0.15) is 5.26 Å². The molecule has 3 rings (SSSR count). The van der Waals surface area contributed by atoms with Crippen LogP contribution in [0.3, 0.4) is 0 Å². The van der Waals surface area contributed by atoms with Crippen molar-refractivity contribution in [2.45, 2.75) is 31.2 Å². The molecule has 4 N–H and O–H groups in total. The standard InChI is InChI=1S/C17H19N5O/c1-20-11-7-6-10(8-11)15-13(9-18)16(19)22-17(21-15)12-4-2-3-5-14(12)23/h2-5,10-11,20,23H,6-8H2,1H3,(H2,19,21,22). The molecule has 6 heteroatoms. The van der Waals surface area contributed by atoms with Crippen molar-refractivity contribution in [2.75, 3.05) is 12.8 Å². The minimum atomic E-state index is 0.0991. The van der Waals surface area contributed by atoms with Crippen molar-refractivity contribution in [1.82, 2.24) is 15.3 Å². The number of hydrogen-bond donors (Lipinski definition) is 3. The highest BCUT2D eigenvalue weighted by molar-refractivity contribution is 5.66. The van der Waals surface area contributed by atoms with Crippen LogP contribution in [0.5, 0.6) is 5.75 Å². The van der Waals surface area contributed by atoms with Crippen LogP contribution in [0.2, 0.25) is 0 Å². The third-order valence-corrected chi connectivity index (χ3v) is 4.45. The Bertz CT molecular complexity index is 768. The van der Waals surface area contributed by atoms with Gasteiger partial charge in [-0.05, 0) is 38.4 Å². The van der Waals surface area contributed by atoms with Crippen LogP contribution < -0.4 is 11.1 Å². The quantitative estimate of drug-likeness (QED) is 0.802. The zero-order valence-corrected chi connectivity index (χ0v) is 13.0. The third-order valence-electron chi connectivity index (χ3n) is 4.45. The van der Waals surface area contributed by atoms with Crippen LogP contribution in [0, 0.1) is 11.3 Å². The Morgan fingerprint density at radius 3 is 2.74 bits per heavy atom. The van der Waals surface area contributed by atoms with Gasteiger partial charge in [0.1, 0.15) is 23.2 Å². The molecule has 1 fully saturated rings. The number of aromatic hydroxyl groups is 1. The molecule has 0 spiro atoms. The molecule has 1 aliphatic carbocycles. The lowest BCUT2D eigenvalue weighted by Crippen LogP contribution is -2.21. The minimum Gasteiger partial charge on any atom is -0.507 e. The summed E-state index contributed by atoms with van der Waals surface area (Å²) in [5, 5.41) is 22.7. The molecule has 0 amide bonds. The van der Waals surface area contributed by atoms with Crippen LogP contribution in [-0.4, -0.2) is 28.2 Å². The molecule has 1 aromatic carbocycles. The average molecular weight is 309 g/mol. The molecule has 2 aromatic rings. The van der Waals surface area contributed by atoms with E-state index in [0.717, 1.165) is 19.3 Å². The zero-order valence-electron chi connectivity index (χ0n) is 13.0. The lowest BCUT2D eigenvalue weighted by atomic mass is 9.98. The summed E-state index contributed by atoms with van der Waals surface area (Å²) in [5.74, 6) is 0.810. The summed E-state index contributed by atoms with van der Waals surface area (Å²) in [6.45, 7) is 0. The van der Waals surface area contributed by atoms with E-state index in [1.54, 1.807) is 24.3 Å². The molecule has 0 bridgehead atoms. The summed E-state index contributed by atoms with van der Waals surface area (Å²) in [6, 6.07) is 9.43. The van der Waals surface area contributed by atoms with Gasteiger partial charge in [0.05, 0.1) is 11.3 Å². The van der Waals surface area contributed by atoms with Gasteiger partial charge in [-0.1, -0.05) is 12.1 Å². The van der Waals surface area contributed by atoms with Gasteiger partial charge in [-0.3, -0.25) is 0 Å². The van der Waals surface area contributed by atoms with E-state index in [1.165, 1.54) is 0 Å². The van der Waals surface area contributed by atoms with Gasteiger partial charge in [-0.25, -0.2) is 9.97 Å². The van der Waals surface area contributed by atoms with E-state index < -0.39 is 0 Å². The summed E-state index contributed by atoms with van der Waals surface area (Å²) in [6.07, 6.45) is 2.92. The summed E-state index contributed by atoms with van der Waals surface area (Å²) >= 11 is 0. The maximum Gasteiger partial charge on any atom is 0.165 e. The van der Waals surface area contributed by atoms with E-state index in [1.807, 2.05) is 7.05 Å². The summed E-state index contributed by atoms with van der Waals surface area (Å²) < 4.78 is 0. The van der Waals surface area contributed by atoms with Gasteiger partial charge in [0, 0.05) is 12.0 Å². The first kappa shape index (κ1) is 15.3. The minimum absolute atomic E-state index is 0.0991. The van der Waals surface area contributed by atoms with E-state index in [4.69, 9.17) is 5.73 Å². The highest BCUT2D eigenvalue weighted by Gasteiger charge is 2.29. The highest BCUT2D eigenvalue weighted by Crippen LogP contribution is 2.37. The molecule has 1 aromatic heterocycles. The van der Waals surface area contributed by atoms with Crippen molar-refractivity contribution in [3.63, 3.8) is 0 Å². The number of anilines is 1. The lowest BCUT2D eigenvalue weighted by Gasteiger charge is -2.15. The van der Waals surface area contributed by atoms with Crippen molar-refractivity contribution in [3.05, 3.63) is 35.5 Å². The van der Waals surface area contributed by atoms with Gasteiger partial charge >= 0.3 is 0 Å². The van der Waals surface area contributed by atoms with E-state index in [2.05, 4.69) is 21.4 Å². The summed E-state index contributed by atoms with van der Waals surface area (Å²) in [5.41, 5.74) is 7.55. The Morgan fingerprint density at radius 2 is 2.09 bits per heavy atom. The van der Waals surface area contributed by atoms with Crippen LogP contribution in [0.1, 0.15) is 36.4 Å². The Labute approximate surface area is 135 Å². The van der Waals surface area contributed by atoms with Crippen molar-refractivity contribution >= 4 is 5.82 Å². The van der Waals surface area contributed by atoms with Crippen molar-refractivity contribution in [1.29, 1.82) is 5.26 Å². The summed E-state index contributed by atoms with van der Waals surface area (Å²) in [4.78, 5) is 8.80. The van der Waals surface area contributed by atoms with E-state index in [9.17, 15) is 10.4 Å². The number of hydrogen-bond acceptors (Lipinski definition) is 6. The Morgan fingerprint density at radius 1 is 1.30 bits per heavy atom. The molecule has 23 heavy (non-hydrogen) atoms. The predicted octanol–water partition coefficient (Wildman–Crippen LogP) is 2.16. The first-order valence-electron chi connectivity index (χ1n) is 7.67. The number of benzene rings is 1. The molecule has 0 aliphatic heterocycles. The Hall–Kier alpha value is -2.65. The summed E-state index contributed by atoms with van der Waals surface area (Å²) in [7, 11) is 1.94. The largest absolute Gasteiger partial charge is 0.507 e. The van der Waals surface area contributed by atoms with Gasteiger partial charge < -0.3 is 16.2 Å². The molecule has 2 unspecified atom stereocenters. The van der Waals surface area contributed by atoms with Crippen molar-refractivity contribution in [2.24, 2.45) is 0 Å². The van der Waals surface area contributed by atoms with E-state index in [-0.39, 0.29) is 17.5 Å². The number of phenolic OH excluding ortho intramolecular Hbond substituents is 1. The smallest absolute Gasteiger partial charge is 0.165 e. The number of nitriles is 1. The number of para-hydroxylation sites is 1. The van der Waals surface area contributed by atoms with Gasteiger partial charge in [0.2, 0.25) is 0 Å². The fourth-order valence-electron chi connectivity index (χ4n) is 3.18. The molecule has 118 valence electrons. The SMILES string of the molecule is CNC1CCC(c2nc(-c3ccccc3O)nc(N)c2C#N)C1. The number of rotatable bonds is 3. The number of nitrogens with zero attached hydrogens (tertiary/aromatic N) is 3. The van der Waals surface area contributed by atoms with Crippen LogP contribution in [0.4, 0.5) is 5.82 Å². The molecule has 1 aliphatic rings. The number of aromatic nitrogens is 2. The van der Waals surface area contributed by atoms with Gasteiger partial charge in [0.25, 0.3) is 0 Å². The second-order valence-electron chi connectivity index (χ2n) is 5.82. The van der Waals surface area contributed by atoms with E-state index in [0.29, 0.717) is 28.7 Å². The zero-order chi connectivity index (χ0) is 16.4. The number of nitrogens with one attached hydrogen (secondary N) is 1. The van der Waals surface area contributed by atoms with Gasteiger partial charge in [0.15, 0.2) is 5.82 Å².